The first-order valence-corrected chi connectivity index (χ1v) is 8.14. The van der Waals surface area contributed by atoms with Gasteiger partial charge in [-0.1, -0.05) is 15.9 Å². The Labute approximate surface area is 159 Å². The number of alkyl halides is 3. The second-order valence-corrected chi connectivity index (χ2v) is 6.09. The first-order chi connectivity index (χ1) is 12.6. The Morgan fingerprint density at radius 3 is 2.56 bits per heavy atom. The molecule has 144 valence electrons. The third-order valence-corrected chi connectivity index (χ3v) is 4.09. The van der Waals surface area contributed by atoms with Gasteiger partial charge in [-0.05, 0) is 30.3 Å². The van der Waals surface area contributed by atoms with Gasteiger partial charge in [-0.3, -0.25) is 14.9 Å². The molecule has 2 aromatic carbocycles. The fourth-order valence-electron chi connectivity index (χ4n) is 2.12. The number of carbonyl (C=O) groups excluding carboxylic acids is 1. The molecule has 2 aromatic rings. The van der Waals surface area contributed by atoms with Crippen molar-refractivity contribution in [3.63, 3.8) is 0 Å². The van der Waals surface area contributed by atoms with E-state index < -0.39 is 22.6 Å². The fourth-order valence-corrected chi connectivity index (χ4v) is 2.60. The van der Waals surface area contributed by atoms with Crippen LogP contribution in [0.1, 0.15) is 5.56 Å². The summed E-state index contributed by atoms with van der Waals surface area (Å²) in [7, 11) is 1.34. The number of anilines is 2. The maximum atomic E-state index is 12.9. The lowest BCUT2D eigenvalue weighted by molar-refractivity contribution is -0.384. The minimum absolute atomic E-state index is 0.0561. The molecule has 7 nitrogen and oxygen atoms in total. The van der Waals surface area contributed by atoms with Crippen molar-refractivity contribution in [2.75, 3.05) is 24.3 Å². The Kier molecular flexibility index (Phi) is 6.26. The smallest absolute Gasteiger partial charge is 0.417 e. The zero-order valence-electron chi connectivity index (χ0n) is 13.8. The van der Waals surface area contributed by atoms with Crippen molar-refractivity contribution in [3.8, 4) is 5.75 Å². The van der Waals surface area contributed by atoms with Crippen LogP contribution in [0.2, 0.25) is 0 Å². The lowest BCUT2D eigenvalue weighted by Gasteiger charge is -2.13. The Morgan fingerprint density at radius 1 is 1.26 bits per heavy atom. The molecule has 27 heavy (non-hydrogen) atoms. The number of benzene rings is 2. The molecule has 2 rings (SSSR count). The lowest BCUT2D eigenvalue weighted by Crippen LogP contribution is -2.22. The minimum atomic E-state index is -4.55. The minimum Gasteiger partial charge on any atom is -0.496 e. The predicted molar refractivity (Wildman–Crippen MR) is 95.9 cm³/mol. The maximum absolute atomic E-state index is 12.9. The largest absolute Gasteiger partial charge is 0.496 e. The lowest BCUT2D eigenvalue weighted by atomic mass is 10.2. The van der Waals surface area contributed by atoms with Gasteiger partial charge < -0.3 is 15.4 Å². The van der Waals surface area contributed by atoms with E-state index in [2.05, 4.69) is 26.6 Å². The number of methoxy groups -OCH3 is 1. The molecule has 0 bridgehead atoms. The van der Waals surface area contributed by atoms with Gasteiger partial charge >= 0.3 is 6.18 Å². The van der Waals surface area contributed by atoms with Crippen LogP contribution in [0.25, 0.3) is 0 Å². The van der Waals surface area contributed by atoms with Gasteiger partial charge in [-0.25, -0.2) is 0 Å². The van der Waals surface area contributed by atoms with Gasteiger partial charge in [-0.2, -0.15) is 13.2 Å². The summed E-state index contributed by atoms with van der Waals surface area (Å²) in [6.07, 6.45) is -4.55. The number of nitro groups is 1. The van der Waals surface area contributed by atoms with E-state index in [0.717, 1.165) is 12.1 Å². The molecule has 0 unspecified atom stereocenters. The quantitative estimate of drug-likeness (QED) is 0.504. The van der Waals surface area contributed by atoms with E-state index in [4.69, 9.17) is 4.74 Å². The highest BCUT2D eigenvalue weighted by Crippen LogP contribution is 2.36. The van der Waals surface area contributed by atoms with E-state index in [0.29, 0.717) is 0 Å². The van der Waals surface area contributed by atoms with Crippen molar-refractivity contribution in [3.05, 3.63) is 56.5 Å². The highest BCUT2D eigenvalue weighted by atomic mass is 79.9. The number of rotatable bonds is 6. The SMILES string of the molecule is COc1ccc(NC(=O)CNc2ccc(Br)c(C(F)(F)F)c2)c([N+](=O)[O-])c1. The summed E-state index contributed by atoms with van der Waals surface area (Å²) in [4.78, 5) is 22.4. The molecule has 0 saturated carbocycles. The summed E-state index contributed by atoms with van der Waals surface area (Å²) in [5.41, 5.74) is -1.24. The number of halogens is 4. The van der Waals surface area contributed by atoms with Crippen molar-refractivity contribution in [2.45, 2.75) is 6.18 Å². The third kappa shape index (κ3) is 5.33. The van der Waals surface area contributed by atoms with E-state index in [1.54, 1.807) is 0 Å². The molecule has 0 aliphatic heterocycles. The molecule has 0 fully saturated rings. The first kappa shape index (κ1) is 20.5. The molecule has 0 aliphatic rings. The predicted octanol–water partition coefficient (Wildman–Crippen LogP) is 4.44. The van der Waals surface area contributed by atoms with Gasteiger partial charge in [0.25, 0.3) is 5.69 Å². The summed E-state index contributed by atoms with van der Waals surface area (Å²) in [5.74, 6) is -0.424. The zero-order valence-corrected chi connectivity index (χ0v) is 15.3. The second kappa shape index (κ2) is 8.25. The molecule has 11 heteroatoms. The van der Waals surface area contributed by atoms with E-state index >= 15 is 0 Å². The van der Waals surface area contributed by atoms with E-state index in [1.807, 2.05) is 0 Å². The highest BCUT2D eigenvalue weighted by Gasteiger charge is 2.33. The van der Waals surface area contributed by atoms with Crippen molar-refractivity contribution in [2.24, 2.45) is 0 Å². The number of ether oxygens (including phenoxy) is 1. The molecule has 0 spiro atoms. The molecule has 0 saturated heterocycles. The molecule has 0 aliphatic carbocycles. The van der Waals surface area contributed by atoms with E-state index in [9.17, 15) is 28.1 Å². The van der Waals surface area contributed by atoms with Crippen molar-refractivity contribution in [1.29, 1.82) is 0 Å². The van der Waals surface area contributed by atoms with Gasteiger partial charge in [0.05, 0.1) is 30.2 Å². The van der Waals surface area contributed by atoms with Gasteiger partial charge in [0.2, 0.25) is 5.91 Å². The number of amides is 1. The molecular weight excluding hydrogens is 435 g/mol. The fraction of sp³-hybridized carbons (Fsp3) is 0.188. The summed E-state index contributed by atoms with van der Waals surface area (Å²) in [5, 5.41) is 16.0. The maximum Gasteiger partial charge on any atom is 0.417 e. The summed E-state index contributed by atoms with van der Waals surface area (Å²) in [6, 6.07) is 7.30. The highest BCUT2D eigenvalue weighted by molar-refractivity contribution is 9.10. The Morgan fingerprint density at radius 2 is 1.96 bits per heavy atom. The average molecular weight is 448 g/mol. The Bertz CT molecular complexity index is 874. The van der Waals surface area contributed by atoms with Crippen LogP contribution in [0.4, 0.5) is 30.2 Å². The second-order valence-electron chi connectivity index (χ2n) is 5.23. The number of hydrogen-bond acceptors (Lipinski definition) is 5. The van der Waals surface area contributed by atoms with Gasteiger partial charge in [0.1, 0.15) is 11.4 Å². The van der Waals surface area contributed by atoms with Crippen molar-refractivity contribution in [1.82, 2.24) is 0 Å². The van der Waals surface area contributed by atoms with Crippen LogP contribution in [0, 0.1) is 10.1 Å². The Balaban J connectivity index is 2.08. The average Bonchev–Trinajstić information content (AvgIpc) is 2.60. The number of nitrogens with one attached hydrogen (secondary N) is 2. The van der Waals surface area contributed by atoms with Crippen molar-refractivity contribution < 1.29 is 27.6 Å². The zero-order chi connectivity index (χ0) is 20.2. The van der Waals surface area contributed by atoms with Crippen LogP contribution in [0.5, 0.6) is 5.75 Å². The van der Waals surface area contributed by atoms with Crippen LogP contribution in [-0.2, 0) is 11.0 Å². The monoisotopic (exact) mass is 447 g/mol. The number of hydrogen-bond donors (Lipinski definition) is 2. The van der Waals surface area contributed by atoms with Crippen LogP contribution < -0.4 is 15.4 Å². The van der Waals surface area contributed by atoms with Gasteiger partial charge in [-0.15, -0.1) is 0 Å². The Hall–Kier alpha value is -2.82. The molecule has 1 amide bonds. The number of nitrogens with zero attached hydrogens (tertiary/aromatic N) is 1. The van der Waals surface area contributed by atoms with Crippen LogP contribution in [0.15, 0.2) is 40.9 Å². The number of carbonyl (C=O) groups is 1. The van der Waals surface area contributed by atoms with Gasteiger partial charge in [0.15, 0.2) is 0 Å². The number of nitro benzene ring substituents is 1. The normalized spacial score (nSPS) is 11.0. The van der Waals surface area contributed by atoms with E-state index in [1.165, 1.54) is 31.4 Å². The van der Waals surface area contributed by atoms with Crippen LogP contribution in [0.3, 0.4) is 0 Å². The summed E-state index contributed by atoms with van der Waals surface area (Å²) >= 11 is 2.82. The first-order valence-electron chi connectivity index (χ1n) is 7.34. The topological polar surface area (TPSA) is 93.5 Å². The summed E-state index contributed by atoms with van der Waals surface area (Å²) < 4.78 is 43.4. The summed E-state index contributed by atoms with van der Waals surface area (Å²) in [6.45, 7) is -0.387. The molecule has 0 atom stereocenters. The molecule has 0 aromatic heterocycles. The van der Waals surface area contributed by atoms with Crippen molar-refractivity contribution >= 4 is 38.9 Å². The standard InChI is InChI=1S/C16H13BrF3N3O4/c1-27-10-3-5-13(14(7-10)23(25)26)22-15(24)8-21-9-2-4-12(17)11(6-9)16(18,19)20/h2-7,21H,8H2,1H3,(H,22,24). The molecule has 0 radical (unpaired) electrons. The van der Waals surface area contributed by atoms with Crippen LogP contribution in [-0.4, -0.2) is 24.5 Å². The van der Waals surface area contributed by atoms with Gasteiger partial charge in [0, 0.05) is 10.2 Å². The molecular formula is C16H13BrF3N3O4. The molecule has 2 N–H and O–H groups in total. The molecule has 0 heterocycles. The third-order valence-electron chi connectivity index (χ3n) is 3.40. The van der Waals surface area contributed by atoms with Crippen LogP contribution >= 0.6 is 15.9 Å². The van der Waals surface area contributed by atoms with E-state index in [-0.39, 0.29) is 33.8 Å².